The SMILES string of the molecule is Cn1cnnc1CNc1ccncn1. The molecule has 6 nitrogen and oxygen atoms in total. The molecule has 2 rings (SSSR count). The van der Waals surface area contributed by atoms with E-state index < -0.39 is 0 Å². The Bertz CT molecular complexity index is 395. The first-order valence-corrected chi connectivity index (χ1v) is 4.19. The molecule has 6 heteroatoms. The van der Waals surface area contributed by atoms with E-state index in [2.05, 4.69) is 25.5 Å². The Morgan fingerprint density at radius 3 is 3.07 bits per heavy atom. The lowest BCUT2D eigenvalue weighted by Gasteiger charge is -2.03. The third-order valence-corrected chi connectivity index (χ3v) is 1.81. The van der Waals surface area contributed by atoms with E-state index in [1.165, 1.54) is 6.33 Å². The number of nitrogens with one attached hydrogen (secondary N) is 1. The van der Waals surface area contributed by atoms with Crippen LogP contribution in [0, 0.1) is 0 Å². The Morgan fingerprint density at radius 2 is 2.43 bits per heavy atom. The van der Waals surface area contributed by atoms with Crippen LogP contribution in [0.4, 0.5) is 5.82 Å². The summed E-state index contributed by atoms with van der Waals surface area (Å²) in [4.78, 5) is 7.85. The number of aromatic nitrogens is 5. The van der Waals surface area contributed by atoms with Gasteiger partial charge in [-0.2, -0.15) is 0 Å². The average Bonchev–Trinajstić information content (AvgIpc) is 2.63. The molecule has 0 aromatic carbocycles. The topological polar surface area (TPSA) is 68.5 Å². The van der Waals surface area contributed by atoms with Crippen LogP contribution in [0.15, 0.2) is 24.9 Å². The summed E-state index contributed by atoms with van der Waals surface area (Å²) in [6, 6.07) is 1.80. The fourth-order valence-corrected chi connectivity index (χ4v) is 1.03. The van der Waals surface area contributed by atoms with E-state index in [0.717, 1.165) is 11.6 Å². The molecule has 0 atom stereocenters. The predicted octanol–water partition coefficient (Wildman–Crippen LogP) is 0.217. The van der Waals surface area contributed by atoms with Crippen molar-refractivity contribution in [2.24, 2.45) is 7.05 Å². The van der Waals surface area contributed by atoms with Crippen molar-refractivity contribution >= 4 is 5.82 Å². The van der Waals surface area contributed by atoms with E-state index in [1.54, 1.807) is 18.6 Å². The largest absolute Gasteiger partial charge is 0.363 e. The average molecular weight is 190 g/mol. The van der Waals surface area contributed by atoms with Gasteiger partial charge in [0, 0.05) is 13.2 Å². The minimum Gasteiger partial charge on any atom is -0.363 e. The zero-order valence-corrected chi connectivity index (χ0v) is 7.75. The maximum Gasteiger partial charge on any atom is 0.151 e. The van der Waals surface area contributed by atoms with E-state index in [-0.39, 0.29) is 0 Å². The minimum atomic E-state index is 0.605. The van der Waals surface area contributed by atoms with Crippen molar-refractivity contribution in [2.45, 2.75) is 6.54 Å². The molecule has 2 heterocycles. The van der Waals surface area contributed by atoms with Crippen molar-refractivity contribution in [3.8, 4) is 0 Å². The number of rotatable bonds is 3. The van der Waals surface area contributed by atoms with Gasteiger partial charge in [0.15, 0.2) is 5.82 Å². The lowest BCUT2D eigenvalue weighted by atomic mass is 10.5. The smallest absolute Gasteiger partial charge is 0.151 e. The maximum absolute atomic E-state index is 4.03. The predicted molar refractivity (Wildman–Crippen MR) is 50.4 cm³/mol. The van der Waals surface area contributed by atoms with E-state index >= 15 is 0 Å². The van der Waals surface area contributed by atoms with Crippen molar-refractivity contribution in [1.82, 2.24) is 24.7 Å². The van der Waals surface area contributed by atoms with Gasteiger partial charge < -0.3 is 9.88 Å². The molecule has 0 aliphatic carbocycles. The second-order valence-electron chi connectivity index (χ2n) is 2.81. The molecule has 0 unspecified atom stereocenters. The van der Waals surface area contributed by atoms with Crippen molar-refractivity contribution in [3.63, 3.8) is 0 Å². The summed E-state index contributed by atoms with van der Waals surface area (Å²) >= 11 is 0. The van der Waals surface area contributed by atoms with Gasteiger partial charge in [-0.1, -0.05) is 0 Å². The Morgan fingerprint density at radius 1 is 1.50 bits per heavy atom. The third kappa shape index (κ3) is 1.85. The maximum atomic E-state index is 4.03. The van der Waals surface area contributed by atoms with Gasteiger partial charge in [-0.25, -0.2) is 9.97 Å². The van der Waals surface area contributed by atoms with Crippen LogP contribution in [0.1, 0.15) is 5.82 Å². The van der Waals surface area contributed by atoms with E-state index in [9.17, 15) is 0 Å². The molecule has 0 radical (unpaired) electrons. The second kappa shape index (κ2) is 3.82. The standard InChI is InChI=1S/C8H10N6/c1-14-6-12-13-8(14)4-10-7-2-3-9-5-11-7/h2-3,5-6H,4H2,1H3,(H,9,10,11). The van der Waals surface area contributed by atoms with Gasteiger partial charge in [-0.15, -0.1) is 10.2 Å². The summed E-state index contributed by atoms with van der Waals surface area (Å²) in [6.07, 6.45) is 4.85. The molecule has 0 amide bonds. The molecule has 0 fully saturated rings. The minimum absolute atomic E-state index is 0.605. The third-order valence-electron chi connectivity index (χ3n) is 1.81. The van der Waals surface area contributed by atoms with Crippen molar-refractivity contribution in [1.29, 1.82) is 0 Å². The van der Waals surface area contributed by atoms with E-state index in [1.807, 2.05) is 11.6 Å². The Balaban J connectivity index is 1.99. The van der Waals surface area contributed by atoms with Gasteiger partial charge in [-0.3, -0.25) is 0 Å². The first-order chi connectivity index (χ1) is 6.86. The first-order valence-electron chi connectivity index (χ1n) is 4.19. The molecular formula is C8H10N6. The van der Waals surface area contributed by atoms with Crippen LogP contribution in [0.5, 0.6) is 0 Å². The summed E-state index contributed by atoms with van der Waals surface area (Å²) in [5, 5.41) is 10.8. The molecule has 72 valence electrons. The lowest BCUT2D eigenvalue weighted by molar-refractivity contribution is 0.810. The Labute approximate surface area is 81.0 Å². The van der Waals surface area contributed by atoms with Crippen molar-refractivity contribution < 1.29 is 0 Å². The van der Waals surface area contributed by atoms with E-state index in [4.69, 9.17) is 0 Å². The highest BCUT2D eigenvalue weighted by atomic mass is 15.3. The van der Waals surface area contributed by atoms with Gasteiger partial charge in [0.25, 0.3) is 0 Å². The number of anilines is 1. The van der Waals surface area contributed by atoms with E-state index in [0.29, 0.717) is 6.54 Å². The zero-order chi connectivity index (χ0) is 9.80. The van der Waals surface area contributed by atoms with Crippen LogP contribution < -0.4 is 5.32 Å². The highest BCUT2D eigenvalue weighted by Crippen LogP contribution is 2.00. The molecule has 0 saturated heterocycles. The molecule has 0 bridgehead atoms. The highest BCUT2D eigenvalue weighted by Gasteiger charge is 1.99. The molecule has 0 saturated carbocycles. The molecule has 2 aromatic heterocycles. The van der Waals surface area contributed by atoms with Crippen LogP contribution in [0.25, 0.3) is 0 Å². The lowest BCUT2D eigenvalue weighted by Crippen LogP contribution is -2.06. The summed E-state index contributed by atoms with van der Waals surface area (Å²) in [7, 11) is 1.90. The summed E-state index contributed by atoms with van der Waals surface area (Å²) in [6.45, 7) is 0.605. The monoisotopic (exact) mass is 190 g/mol. The molecule has 0 aliphatic heterocycles. The fraction of sp³-hybridized carbons (Fsp3) is 0.250. The Kier molecular flexibility index (Phi) is 2.35. The zero-order valence-electron chi connectivity index (χ0n) is 7.75. The molecule has 1 N–H and O–H groups in total. The van der Waals surface area contributed by atoms with Gasteiger partial charge in [0.2, 0.25) is 0 Å². The van der Waals surface area contributed by atoms with Crippen LogP contribution in [-0.4, -0.2) is 24.7 Å². The molecule has 0 aliphatic rings. The van der Waals surface area contributed by atoms with Crippen LogP contribution in [0.2, 0.25) is 0 Å². The first kappa shape index (κ1) is 8.61. The normalized spacial score (nSPS) is 10.1. The fourth-order valence-electron chi connectivity index (χ4n) is 1.03. The van der Waals surface area contributed by atoms with Gasteiger partial charge in [0.05, 0.1) is 6.54 Å². The van der Waals surface area contributed by atoms with Gasteiger partial charge in [0.1, 0.15) is 18.5 Å². The molecule has 2 aromatic rings. The van der Waals surface area contributed by atoms with Gasteiger partial charge in [-0.05, 0) is 6.07 Å². The number of hydrogen-bond donors (Lipinski definition) is 1. The van der Waals surface area contributed by atoms with Gasteiger partial charge >= 0.3 is 0 Å². The van der Waals surface area contributed by atoms with Crippen molar-refractivity contribution in [3.05, 3.63) is 30.7 Å². The van der Waals surface area contributed by atoms with Crippen LogP contribution >= 0.6 is 0 Å². The molecule has 14 heavy (non-hydrogen) atoms. The second-order valence-corrected chi connectivity index (χ2v) is 2.81. The summed E-state index contributed by atoms with van der Waals surface area (Å²) in [5.74, 6) is 1.65. The van der Waals surface area contributed by atoms with Crippen LogP contribution in [0.3, 0.4) is 0 Å². The molecular weight excluding hydrogens is 180 g/mol. The number of aryl methyl sites for hydroxylation is 1. The summed E-state index contributed by atoms with van der Waals surface area (Å²) < 4.78 is 1.86. The number of hydrogen-bond acceptors (Lipinski definition) is 5. The summed E-state index contributed by atoms with van der Waals surface area (Å²) in [5.41, 5.74) is 0. The van der Waals surface area contributed by atoms with Crippen LogP contribution in [-0.2, 0) is 13.6 Å². The Hall–Kier alpha value is -1.98. The highest BCUT2D eigenvalue weighted by molar-refractivity contribution is 5.31. The quantitative estimate of drug-likeness (QED) is 0.749. The molecule has 0 spiro atoms. The number of nitrogens with zero attached hydrogens (tertiary/aromatic N) is 5. The van der Waals surface area contributed by atoms with Crippen molar-refractivity contribution in [2.75, 3.05) is 5.32 Å².